The Hall–Kier alpha value is -2.49. The lowest BCUT2D eigenvalue weighted by molar-refractivity contribution is -0.116. The Morgan fingerprint density at radius 2 is 1.75 bits per heavy atom. The Morgan fingerprint density at radius 1 is 1.00 bits per heavy atom. The third-order valence-corrected chi connectivity index (χ3v) is 4.24. The number of hydrogen-bond donors (Lipinski definition) is 1. The van der Waals surface area contributed by atoms with Gasteiger partial charge in [-0.3, -0.25) is 14.8 Å². The second-order valence-corrected chi connectivity index (χ2v) is 6.11. The van der Waals surface area contributed by atoms with Gasteiger partial charge in [0.25, 0.3) is 0 Å². The molecule has 124 valence electrons. The Bertz CT molecular complexity index is 845. The summed E-state index contributed by atoms with van der Waals surface area (Å²) in [6, 6.07) is 9.75. The maximum absolute atomic E-state index is 12.3. The molecule has 0 saturated carbocycles. The van der Waals surface area contributed by atoms with Crippen molar-refractivity contribution in [3.05, 3.63) is 42.7 Å². The number of carbonyl (C=O) groups is 1. The van der Waals surface area contributed by atoms with Crippen LogP contribution in [0.4, 0.5) is 5.69 Å². The zero-order chi connectivity index (χ0) is 16.8. The maximum atomic E-state index is 12.3. The molecule has 1 N–H and O–H groups in total. The number of nitrogens with zero attached hydrogens (tertiary/aromatic N) is 2. The molecule has 3 aromatic rings. The number of anilines is 1. The molecule has 24 heavy (non-hydrogen) atoms. The van der Waals surface area contributed by atoms with Crippen LogP contribution in [0.5, 0.6) is 0 Å². The first-order valence-corrected chi connectivity index (χ1v) is 8.72. The van der Waals surface area contributed by atoms with Crippen molar-refractivity contribution in [1.29, 1.82) is 0 Å². The van der Waals surface area contributed by atoms with Gasteiger partial charge in [-0.2, -0.15) is 0 Å². The van der Waals surface area contributed by atoms with E-state index in [4.69, 9.17) is 0 Å². The Balaban J connectivity index is 1.79. The summed E-state index contributed by atoms with van der Waals surface area (Å²) in [5.74, 6) is 0.0693. The molecule has 0 bridgehead atoms. The van der Waals surface area contributed by atoms with Crippen LogP contribution in [-0.2, 0) is 4.79 Å². The van der Waals surface area contributed by atoms with Crippen molar-refractivity contribution >= 4 is 33.4 Å². The Labute approximate surface area is 142 Å². The summed E-state index contributed by atoms with van der Waals surface area (Å²) in [4.78, 5) is 21.2. The van der Waals surface area contributed by atoms with Gasteiger partial charge in [0, 0.05) is 29.6 Å². The van der Waals surface area contributed by atoms with Gasteiger partial charge >= 0.3 is 0 Å². The zero-order valence-corrected chi connectivity index (χ0v) is 14.1. The minimum atomic E-state index is 0.0693. The van der Waals surface area contributed by atoms with Crippen molar-refractivity contribution in [2.24, 2.45) is 0 Å². The molecule has 0 aliphatic rings. The minimum absolute atomic E-state index is 0.0693. The Morgan fingerprint density at radius 3 is 2.58 bits per heavy atom. The highest BCUT2D eigenvalue weighted by atomic mass is 16.1. The second kappa shape index (κ2) is 7.86. The van der Waals surface area contributed by atoms with E-state index in [-0.39, 0.29) is 5.91 Å². The van der Waals surface area contributed by atoms with Crippen LogP contribution in [0.15, 0.2) is 42.7 Å². The third-order valence-electron chi connectivity index (χ3n) is 4.24. The first kappa shape index (κ1) is 16.4. The smallest absolute Gasteiger partial charge is 0.224 e. The zero-order valence-electron chi connectivity index (χ0n) is 14.1. The van der Waals surface area contributed by atoms with E-state index in [9.17, 15) is 4.79 Å². The molecule has 2 heterocycles. The molecule has 4 heteroatoms. The van der Waals surface area contributed by atoms with Crippen LogP contribution in [0.3, 0.4) is 0 Å². The van der Waals surface area contributed by atoms with Crippen LogP contribution in [0.1, 0.15) is 45.4 Å². The largest absolute Gasteiger partial charge is 0.325 e. The second-order valence-electron chi connectivity index (χ2n) is 6.11. The molecular weight excluding hydrogens is 298 g/mol. The van der Waals surface area contributed by atoms with Crippen molar-refractivity contribution in [3.8, 4) is 0 Å². The molecule has 2 aromatic heterocycles. The monoisotopic (exact) mass is 321 g/mol. The van der Waals surface area contributed by atoms with Gasteiger partial charge in [0.05, 0.1) is 16.7 Å². The van der Waals surface area contributed by atoms with Crippen molar-refractivity contribution in [2.75, 3.05) is 5.32 Å². The highest BCUT2D eigenvalue weighted by Gasteiger charge is 2.10. The van der Waals surface area contributed by atoms with E-state index >= 15 is 0 Å². The van der Waals surface area contributed by atoms with E-state index in [0.717, 1.165) is 40.3 Å². The van der Waals surface area contributed by atoms with Crippen LogP contribution in [0.2, 0.25) is 0 Å². The number of amides is 1. The van der Waals surface area contributed by atoms with Crippen molar-refractivity contribution in [2.45, 2.75) is 45.4 Å². The van der Waals surface area contributed by atoms with Gasteiger partial charge in [-0.1, -0.05) is 38.7 Å². The lowest BCUT2D eigenvalue weighted by Gasteiger charge is -2.10. The van der Waals surface area contributed by atoms with Crippen molar-refractivity contribution < 1.29 is 4.79 Å². The number of hydrogen-bond acceptors (Lipinski definition) is 3. The van der Waals surface area contributed by atoms with Crippen LogP contribution in [0, 0.1) is 0 Å². The first-order chi connectivity index (χ1) is 11.8. The van der Waals surface area contributed by atoms with Gasteiger partial charge in [-0.05, 0) is 30.7 Å². The predicted octanol–water partition coefficient (Wildman–Crippen LogP) is 5.08. The Kier molecular flexibility index (Phi) is 5.36. The molecule has 0 fully saturated rings. The maximum Gasteiger partial charge on any atom is 0.224 e. The normalized spacial score (nSPS) is 11.0. The average molecular weight is 321 g/mol. The van der Waals surface area contributed by atoms with Gasteiger partial charge < -0.3 is 5.32 Å². The summed E-state index contributed by atoms with van der Waals surface area (Å²) in [5.41, 5.74) is 2.51. The van der Waals surface area contributed by atoms with E-state index in [2.05, 4.69) is 22.2 Å². The number of benzene rings is 1. The SMILES string of the molecule is CCCCCCCC(=O)Nc1cc2cccnc2c2ncccc12. The van der Waals surface area contributed by atoms with Gasteiger partial charge in [0.15, 0.2) is 0 Å². The minimum Gasteiger partial charge on any atom is -0.325 e. The van der Waals surface area contributed by atoms with Crippen molar-refractivity contribution in [3.63, 3.8) is 0 Å². The van der Waals surface area contributed by atoms with Crippen LogP contribution >= 0.6 is 0 Å². The summed E-state index contributed by atoms with van der Waals surface area (Å²) >= 11 is 0. The molecule has 0 unspecified atom stereocenters. The summed E-state index contributed by atoms with van der Waals surface area (Å²) in [5, 5.41) is 4.98. The first-order valence-electron chi connectivity index (χ1n) is 8.72. The number of pyridine rings is 2. The summed E-state index contributed by atoms with van der Waals surface area (Å²) in [7, 11) is 0. The molecule has 1 amide bonds. The number of aromatic nitrogens is 2. The van der Waals surface area contributed by atoms with E-state index in [1.54, 1.807) is 12.4 Å². The van der Waals surface area contributed by atoms with Gasteiger partial charge in [-0.15, -0.1) is 0 Å². The van der Waals surface area contributed by atoms with Gasteiger partial charge in [0.1, 0.15) is 0 Å². The quantitative estimate of drug-likeness (QED) is 0.487. The lowest BCUT2D eigenvalue weighted by Crippen LogP contribution is -2.11. The van der Waals surface area contributed by atoms with Crippen molar-refractivity contribution in [1.82, 2.24) is 9.97 Å². The fraction of sp³-hybridized carbons (Fsp3) is 0.350. The summed E-state index contributed by atoms with van der Waals surface area (Å²) in [6.07, 6.45) is 9.82. The molecule has 0 radical (unpaired) electrons. The molecule has 0 aliphatic heterocycles. The number of unbranched alkanes of at least 4 members (excludes halogenated alkanes) is 4. The molecule has 3 rings (SSSR count). The van der Waals surface area contributed by atoms with E-state index in [1.807, 2.05) is 30.3 Å². The third kappa shape index (κ3) is 3.70. The van der Waals surface area contributed by atoms with Crippen LogP contribution in [-0.4, -0.2) is 15.9 Å². The number of nitrogens with one attached hydrogen (secondary N) is 1. The molecule has 0 atom stereocenters. The van der Waals surface area contributed by atoms with Gasteiger partial charge in [-0.25, -0.2) is 0 Å². The van der Waals surface area contributed by atoms with E-state index in [1.165, 1.54) is 19.3 Å². The predicted molar refractivity (Wildman–Crippen MR) is 99.0 cm³/mol. The fourth-order valence-corrected chi connectivity index (χ4v) is 2.98. The molecule has 0 aliphatic carbocycles. The van der Waals surface area contributed by atoms with Crippen LogP contribution < -0.4 is 5.32 Å². The molecule has 4 nitrogen and oxygen atoms in total. The molecule has 1 aromatic carbocycles. The molecule has 0 saturated heterocycles. The van der Waals surface area contributed by atoms with E-state index in [0.29, 0.717) is 6.42 Å². The summed E-state index contributed by atoms with van der Waals surface area (Å²) < 4.78 is 0. The fourth-order valence-electron chi connectivity index (χ4n) is 2.98. The topological polar surface area (TPSA) is 54.9 Å². The highest BCUT2D eigenvalue weighted by Crippen LogP contribution is 2.29. The molecule has 0 spiro atoms. The standard InChI is InChI=1S/C20H23N3O/c1-2-3-4-5-6-11-18(24)23-17-14-15-9-7-12-21-19(15)20-16(17)10-8-13-22-20/h7-10,12-14H,2-6,11H2,1H3,(H,23,24). The molecular formula is C20H23N3O. The average Bonchev–Trinajstić information content (AvgIpc) is 2.62. The highest BCUT2D eigenvalue weighted by molar-refractivity contribution is 6.11. The summed E-state index contributed by atoms with van der Waals surface area (Å²) in [6.45, 7) is 2.19. The van der Waals surface area contributed by atoms with Gasteiger partial charge in [0.2, 0.25) is 5.91 Å². The van der Waals surface area contributed by atoms with E-state index < -0.39 is 0 Å². The van der Waals surface area contributed by atoms with Crippen LogP contribution in [0.25, 0.3) is 21.8 Å². The number of rotatable bonds is 7. The number of fused-ring (bicyclic) bond motifs is 3. The number of carbonyl (C=O) groups excluding carboxylic acids is 1. The lowest BCUT2D eigenvalue weighted by atomic mass is 10.1.